The number of aliphatic hydroxyl groups is 1. The van der Waals surface area contributed by atoms with Crippen LogP contribution < -0.4 is 11.1 Å². The van der Waals surface area contributed by atoms with Crippen LogP contribution in [0, 0.1) is 5.92 Å². The van der Waals surface area contributed by atoms with Crippen molar-refractivity contribution in [3.05, 3.63) is 76.2 Å². The molecule has 0 saturated carbocycles. The van der Waals surface area contributed by atoms with Crippen molar-refractivity contribution in [2.24, 2.45) is 5.92 Å². The monoisotopic (exact) mass is 553 g/mol. The van der Waals surface area contributed by atoms with Crippen molar-refractivity contribution >= 4 is 50.0 Å². The molecule has 4 N–H and O–H groups in total. The lowest BCUT2D eigenvalue weighted by molar-refractivity contribution is 0.0494. The lowest BCUT2D eigenvalue weighted by Gasteiger charge is -2.31. The first kappa shape index (κ1) is 27.5. The van der Waals surface area contributed by atoms with Crippen LogP contribution in [0.2, 0.25) is 0 Å². The molecular formula is C27H31N5O4S2. The largest absolute Gasteiger partial charge is 0.444 e. The van der Waals surface area contributed by atoms with E-state index < -0.39 is 18.2 Å². The normalized spacial score (nSPS) is 12.8. The van der Waals surface area contributed by atoms with E-state index in [0.29, 0.717) is 23.7 Å². The fourth-order valence-electron chi connectivity index (χ4n) is 4.09. The number of amides is 2. The van der Waals surface area contributed by atoms with E-state index in [4.69, 9.17) is 10.5 Å². The van der Waals surface area contributed by atoms with Crippen LogP contribution in [-0.2, 0) is 17.8 Å². The van der Waals surface area contributed by atoms with Crippen LogP contribution in [0.1, 0.15) is 34.6 Å². The number of hydrogen-bond acceptors (Lipinski definition) is 9. The number of fused-ring (bicyclic) bond motifs is 1. The quantitative estimate of drug-likeness (QED) is 0.252. The predicted octanol–water partition coefficient (Wildman–Crippen LogP) is 4.33. The highest BCUT2D eigenvalue weighted by molar-refractivity contribution is 7.22. The zero-order valence-corrected chi connectivity index (χ0v) is 22.9. The Bertz CT molecular complexity index is 1340. The smallest absolute Gasteiger partial charge is 0.407 e. The molecule has 200 valence electrons. The molecule has 4 rings (SSSR count). The van der Waals surface area contributed by atoms with Crippen molar-refractivity contribution in [1.29, 1.82) is 0 Å². The van der Waals surface area contributed by atoms with E-state index >= 15 is 0 Å². The van der Waals surface area contributed by atoms with Crippen molar-refractivity contribution in [2.45, 2.75) is 39.0 Å². The summed E-state index contributed by atoms with van der Waals surface area (Å²) in [6.45, 7) is 4.58. The molecule has 0 aliphatic rings. The van der Waals surface area contributed by atoms with Gasteiger partial charge in [0.25, 0.3) is 5.91 Å². The maximum Gasteiger partial charge on any atom is 0.407 e. The number of nitrogens with zero attached hydrogens (tertiary/aromatic N) is 3. The number of rotatable bonds is 11. The highest BCUT2D eigenvalue weighted by Gasteiger charge is 2.28. The molecule has 0 saturated heterocycles. The number of ether oxygens (including phenoxy) is 1. The Balaban J connectivity index is 1.50. The first-order chi connectivity index (χ1) is 18.3. The molecule has 0 spiro atoms. The van der Waals surface area contributed by atoms with Gasteiger partial charge in [-0.25, -0.2) is 9.78 Å². The Kier molecular flexibility index (Phi) is 9.27. The van der Waals surface area contributed by atoms with E-state index in [9.17, 15) is 14.7 Å². The number of hydrogen-bond donors (Lipinski definition) is 3. The van der Waals surface area contributed by atoms with Gasteiger partial charge < -0.3 is 25.8 Å². The molecule has 2 amide bonds. The molecule has 0 bridgehead atoms. The number of benzene rings is 2. The molecule has 38 heavy (non-hydrogen) atoms. The minimum Gasteiger partial charge on any atom is -0.444 e. The van der Waals surface area contributed by atoms with E-state index in [-0.39, 0.29) is 25.0 Å². The molecule has 4 aromatic rings. The van der Waals surface area contributed by atoms with E-state index in [1.807, 2.05) is 44.2 Å². The molecule has 0 aliphatic heterocycles. The van der Waals surface area contributed by atoms with Crippen molar-refractivity contribution in [2.75, 3.05) is 18.8 Å². The van der Waals surface area contributed by atoms with Crippen LogP contribution in [0.25, 0.3) is 10.2 Å². The Labute approximate surface area is 229 Å². The minimum absolute atomic E-state index is 0.0342. The molecule has 11 heteroatoms. The third-order valence-corrected chi connectivity index (χ3v) is 7.43. The molecule has 2 aromatic heterocycles. The average molecular weight is 554 g/mol. The fourth-order valence-corrected chi connectivity index (χ4v) is 5.37. The van der Waals surface area contributed by atoms with E-state index in [1.54, 1.807) is 34.8 Å². The molecule has 0 radical (unpaired) electrons. The Morgan fingerprint density at radius 3 is 2.66 bits per heavy atom. The van der Waals surface area contributed by atoms with Crippen molar-refractivity contribution < 1.29 is 19.4 Å². The second kappa shape index (κ2) is 12.8. The zero-order valence-electron chi connectivity index (χ0n) is 21.2. The summed E-state index contributed by atoms with van der Waals surface area (Å²) in [5.41, 5.74) is 9.66. The number of anilines is 1. The predicted molar refractivity (Wildman–Crippen MR) is 150 cm³/mol. The lowest BCUT2D eigenvalue weighted by atomic mass is 10.00. The van der Waals surface area contributed by atoms with Crippen LogP contribution in [0.3, 0.4) is 0 Å². The van der Waals surface area contributed by atoms with Crippen molar-refractivity contribution in [1.82, 2.24) is 20.2 Å². The molecule has 1 unspecified atom stereocenters. The topological polar surface area (TPSA) is 131 Å². The van der Waals surface area contributed by atoms with Gasteiger partial charge in [-0.15, -0.1) is 11.3 Å². The van der Waals surface area contributed by atoms with E-state index in [1.165, 1.54) is 22.7 Å². The van der Waals surface area contributed by atoms with Crippen LogP contribution in [0.15, 0.2) is 60.2 Å². The molecule has 2 heterocycles. The number of alkyl carbamates (subject to hydrolysis) is 1. The Morgan fingerprint density at radius 2 is 1.95 bits per heavy atom. The number of nitrogens with two attached hydrogens (primary N) is 1. The van der Waals surface area contributed by atoms with Crippen LogP contribution in [0.4, 0.5) is 9.93 Å². The third-order valence-electron chi connectivity index (χ3n) is 5.83. The number of aromatic nitrogens is 2. The highest BCUT2D eigenvalue weighted by atomic mass is 32.1. The van der Waals surface area contributed by atoms with Gasteiger partial charge in [0.1, 0.15) is 6.61 Å². The number of aliphatic hydroxyl groups excluding tert-OH is 1. The second-order valence-electron chi connectivity index (χ2n) is 9.39. The van der Waals surface area contributed by atoms with Gasteiger partial charge in [-0.1, -0.05) is 55.5 Å². The van der Waals surface area contributed by atoms with Gasteiger partial charge >= 0.3 is 6.09 Å². The standard InChI is InChI=1S/C27H31N5O4S2/c1-17(2)13-32(25(34)19-8-9-21-24(11-19)38-26(28)30-21)14-23(33)22(10-18-6-4-3-5-7-18)31-27(35)36-15-20-12-29-16-37-20/h3-9,11-12,16-17,22-23,33H,10,13-15H2,1-2H3,(H2,28,30)(H,31,35)/t22-,23?/m0/s1. The maximum absolute atomic E-state index is 13.6. The van der Waals surface area contributed by atoms with Crippen LogP contribution in [-0.4, -0.2) is 57.2 Å². The van der Waals surface area contributed by atoms with Crippen LogP contribution >= 0.6 is 22.7 Å². The zero-order chi connectivity index (χ0) is 27.1. The molecule has 2 aromatic carbocycles. The highest BCUT2D eigenvalue weighted by Crippen LogP contribution is 2.25. The van der Waals surface area contributed by atoms with Crippen molar-refractivity contribution in [3.8, 4) is 0 Å². The molecule has 9 nitrogen and oxygen atoms in total. The summed E-state index contributed by atoms with van der Waals surface area (Å²) in [6.07, 6.45) is 0.319. The number of thiazole rings is 2. The summed E-state index contributed by atoms with van der Waals surface area (Å²) in [5, 5.41) is 14.6. The minimum atomic E-state index is -1.04. The van der Waals surface area contributed by atoms with Gasteiger partial charge in [-0.05, 0) is 36.1 Å². The lowest BCUT2D eigenvalue weighted by Crippen LogP contribution is -2.51. The third kappa shape index (κ3) is 7.50. The van der Waals surface area contributed by atoms with Gasteiger partial charge in [0.15, 0.2) is 5.13 Å². The first-order valence-electron chi connectivity index (χ1n) is 12.3. The summed E-state index contributed by atoms with van der Waals surface area (Å²) in [4.78, 5) is 36.9. The SMILES string of the molecule is CC(C)CN(CC(O)[C@H](Cc1ccccc1)NC(=O)OCc1cncs1)C(=O)c1ccc2nc(N)sc2c1. The van der Waals surface area contributed by atoms with Gasteiger partial charge in [-0.2, -0.15) is 0 Å². The Hall–Kier alpha value is -3.54. The molecule has 2 atom stereocenters. The van der Waals surface area contributed by atoms with Gasteiger partial charge in [-0.3, -0.25) is 9.78 Å². The van der Waals surface area contributed by atoms with Gasteiger partial charge in [0.2, 0.25) is 0 Å². The molecular weight excluding hydrogens is 522 g/mol. The van der Waals surface area contributed by atoms with Crippen LogP contribution in [0.5, 0.6) is 0 Å². The second-order valence-corrected chi connectivity index (χ2v) is 11.4. The Morgan fingerprint density at radius 1 is 1.16 bits per heavy atom. The maximum atomic E-state index is 13.6. The summed E-state index contributed by atoms with van der Waals surface area (Å²) >= 11 is 2.71. The van der Waals surface area contributed by atoms with E-state index in [2.05, 4.69) is 15.3 Å². The number of carbonyl (C=O) groups excluding carboxylic acids is 2. The molecule has 0 fully saturated rings. The van der Waals surface area contributed by atoms with Gasteiger partial charge in [0.05, 0.1) is 32.8 Å². The van der Waals surface area contributed by atoms with Gasteiger partial charge in [0, 0.05) is 24.8 Å². The molecule has 0 aliphatic carbocycles. The summed E-state index contributed by atoms with van der Waals surface area (Å²) in [7, 11) is 0. The number of carbonyl (C=O) groups is 2. The average Bonchev–Trinajstić information content (AvgIpc) is 3.54. The first-order valence-corrected chi connectivity index (χ1v) is 14.0. The van der Waals surface area contributed by atoms with E-state index in [0.717, 1.165) is 20.7 Å². The summed E-state index contributed by atoms with van der Waals surface area (Å²) in [6, 6.07) is 14.2. The summed E-state index contributed by atoms with van der Waals surface area (Å²) < 4.78 is 6.17. The summed E-state index contributed by atoms with van der Waals surface area (Å²) in [5.74, 6) is -0.0447. The number of nitrogen functional groups attached to an aromatic ring is 1. The number of nitrogens with one attached hydrogen (secondary N) is 1. The fraction of sp³-hybridized carbons (Fsp3) is 0.333. The van der Waals surface area contributed by atoms with Crippen molar-refractivity contribution in [3.63, 3.8) is 0 Å².